The van der Waals surface area contributed by atoms with Crippen molar-refractivity contribution in [3.63, 3.8) is 0 Å². The van der Waals surface area contributed by atoms with Crippen molar-refractivity contribution in [1.82, 2.24) is 19.2 Å². The largest absolute Gasteiger partial charge is 0.487 e. The standard InChI is InChI=1S/C20H24N4O4/c1-3-27-20(25)16-9-21-24(11-16)13-17-12-23-10-15(14-4-5-14)8-18(19(23)22-17)28-7-6-26-2/h8-12,14H,3-7,13H2,1-2H3. The first-order valence-electron chi connectivity index (χ1n) is 9.50. The second-order valence-electron chi connectivity index (χ2n) is 6.86. The zero-order valence-electron chi connectivity index (χ0n) is 16.1. The van der Waals surface area contributed by atoms with E-state index in [9.17, 15) is 4.79 Å². The molecule has 8 nitrogen and oxygen atoms in total. The van der Waals surface area contributed by atoms with Crippen LogP contribution in [0.2, 0.25) is 0 Å². The lowest BCUT2D eigenvalue weighted by Gasteiger charge is -2.09. The minimum absolute atomic E-state index is 0.339. The van der Waals surface area contributed by atoms with Crippen LogP contribution in [0.3, 0.4) is 0 Å². The average molecular weight is 384 g/mol. The Morgan fingerprint density at radius 3 is 2.86 bits per heavy atom. The number of pyridine rings is 1. The number of nitrogens with zero attached hydrogens (tertiary/aromatic N) is 4. The van der Waals surface area contributed by atoms with Crippen molar-refractivity contribution in [3.05, 3.63) is 47.7 Å². The molecule has 0 saturated heterocycles. The Labute approximate surface area is 163 Å². The molecule has 1 fully saturated rings. The molecule has 0 amide bonds. The lowest BCUT2D eigenvalue weighted by molar-refractivity contribution is 0.0526. The molecule has 0 radical (unpaired) electrons. The van der Waals surface area contributed by atoms with Gasteiger partial charge in [-0.25, -0.2) is 9.78 Å². The lowest BCUT2D eigenvalue weighted by Crippen LogP contribution is -2.06. The van der Waals surface area contributed by atoms with E-state index in [1.807, 2.05) is 10.6 Å². The highest BCUT2D eigenvalue weighted by Crippen LogP contribution is 2.41. The molecular weight excluding hydrogens is 360 g/mol. The van der Waals surface area contributed by atoms with Gasteiger partial charge in [0.1, 0.15) is 6.61 Å². The first kappa shape index (κ1) is 18.5. The quantitative estimate of drug-likeness (QED) is 0.417. The predicted molar refractivity (Wildman–Crippen MR) is 102 cm³/mol. The fourth-order valence-electron chi connectivity index (χ4n) is 3.13. The van der Waals surface area contributed by atoms with E-state index >= 15 is 0 Å². The Bertz CT molecular complexity index is 974. The van der Waals surface area contributed by atoms with E-state index in [0.717, 1.165) is 17.1 Å². The van der Waals surface area contributed by atoms with Gasteiger partial charge >= 0.3 is 5.97 Å². The third kappa shape index (κ3) is 4.01. The number of rotatable bonds is 9. The van der Waals surface area contributed by atoms with Gasteiger partial charge < -0.3 is 18.6 Å². The van der Waals surface area contributed by atoms with E-state index in [0.29, 0.717) is 37.8 Å². The summed E-state index contributed by atoms with van der Waals surface area (Å²) in [5, 5.41) is 4.24. The monoisotopic (exact) mass is 384 g/mol. The highest BCUT2D eigenvalue weighted by molar-refractivity contribution is 5.88. The first-order valence-corrected chi connectivity index (χ1v) is 9.50. The van der Waals surface area contributed by atoms with Crippen LogP contribution in [0.4, 0.5) is 0 Å². The SMILES string of the molecule is CCOC(=O)c1cnn(Cc2cn3cc(C4CC4)cc(OCCOC)c3n2)c1. The summed E-state index contributed by atoms with van der Waals surface area (Å²) in [7, 11) is 1.65. The zero-order chi connectivity index (χ0) is 19.5. The summed E-state index contributed by atoms with van der Waals surface area (Å²) in [6.45, 7) is 3.58. The van der Waals surface area contributed by atoms with Crippen molar-refractivity contribution in [2.24, 2.45) is 0 Å². The minimum atomic E-state index is -0.369. The molecule has 1 aliphatic carbocycles. The van der Waals surface area contributed by atoms with Gasteiger partial charge in [-0.1, -0.05) is 0 Å². The van der Waals surface area contributed by atoms with Gasteiger partial charge in [0.25, 0.3) is 0 Å². The Morgan fingerprint density at radius 2 is 2.11 bits per heavy atom. The third-order valence-electron chi connectivity index (χ3n) is 4.65. The second-order valence-corrected chi connectivity index (χ2v) is 6.86. The third-order valence-corrected chi connectivity index (χ3v) is 4.65. The maximum absolute atomic E-state index is 11.8. The molecule has 0 bridgehead atoms. The van der Waals surface area contributed by atoms with Crippen LogP contribution in [0.15, 0.2) is 30.9 Å². The molecule has 0 N–H and O–H groups in total. The molecule has 1 saturated carbocycles. The topological polar surface area (TPSA) is 79.9 Å². The van der Waals surface area contributed by atoms with Gasteiger partial charge in [-0.2, -0.15) is 5.10 Å². The van der Waals surface area contributed by atoms with E-state index in [1.165, 1.54) is 24.6 Å². The summed E-state index contributed by atoms with van der Waals surface area (Å²) in [6, 6.07) is 2.09. The predicted octanol–water partition coefficient (Wildman–Crippen LogP) is 2.66. The highest BCUT2D eigenvalue weighted by atomic mass is 16.5. The minimum Gasteiger partial charge on any atom is -0.487 e. The van der Waals surface area contributed by atoms with Crippen molar-refractivity contribution in [3.8, 4) is 5.75 Å². The number of imidazole rings is 1. The Hall–Kier alpha value is -2.87. The summed E-state index contributed by atoms with van der Waals surface area (Å²) in [5.74, 6) is 1.00. The van der Waals surface area contributed by atoms with Gasteiger partial charge in [-0.3, -0.25) is 4.68 Å². The Kier molecular flexibility index (Phi) is 5.29. The highest BCUT2D eigenvalue weighted by Gasteiger charge is 2.25. The van der Waals surface area contributed by atoms with Gasteiger partial charge in [0.05, 0.1) is 37.2 Å². The van der Waals surface area contributed by atoms with Gasteiger partial charge in [0.15, 0.2) is 11.4 Å². The van der Waals surface area contributed by atoms with Gasteiger partial charge in [0, 0.05) is 25.7 Å². The van der Waals surface area contributed by atoms with E-state index in [4.69, 9.17) is 19.2 Å². The van der Waals surface area contributed by atoms with Crippen LogP contribution in [-0.2, 0) is 16.0 Å². The molecule has 0 aromatic carbocycles. The molecular formula is C20H24N4O4. The number of ether oxygens (including phenoxy) is 3. The first-order chi connectivity index (χ1) is 13.7. The number of esters is 1. The van der Waals surface area contributed by atoms with E-state index in [1.54, 1.807) is 24.9 Å². The summed E-state index contributed by atoms with van der Waals surface area (Å²) in [5.41, 5.74) is 3.31. The molecule has 8 heteroatoms. The summed E-state index contributed by atoms with van der Waals surface area (Å²) >= 11 is 0. The molecule has 3 aromatic rings. The molecule has 1 aliphatic rings. The fraction of sp³-hybridized carbons (Fsp3) is 0.450. The number of hydrogen-bond donors (Lipinski definition) is 0. The van der Waals surface area contributed by atoms with Crippen LogP contribution in [-0.4, -0.2) is 52.1 Å². The van der Waals surface area contributed by atoms with E-state index in [2.05, 4.69) is 17.4 Å². The maximum atomic E-state index is 11.8. The normalized spacial score (nSPS) is 13.8. The molecule has 0 aliphatic heterocycles. The van der Waals surface area contributed by atoms with Crippen molar-refractivity contribution >= 4 is 11.6 Å². The lowest BCUT2D eigenvalue weighted by atomic mass is 10.2. The van der Waals surface area contributed by atoms with Crippen LogP contribution < -0.4 is 4.74 Å². The van der Waals surface area contributed by atoms with Crippen molar-refractivity contribution in [2.45, 2.75) is 32.2 Å². The smallest absolute Gasteiger partial charge is 0.341 e. The molecule has 0 unspecified atom stereocenters. The number of fused-ring (bicyclic) bond motifs is 1. The number of aromatic nitrogens is 4. The molecule has 148 valence electrons. The molecule has 4 rings (SSSR count). The Balaban J connectivity index is 1.58. The van der Waals surface area contributed by atoms with Gasteiger partial charge in [0.2, 0.25) is 0 Å². The summed E-state index contributed by atoms with van der Waals surface area (Å²) in [4.78, 5) is 16.5. The van der Waals surface area contributed by atoms with Crippen molar-refractivity contribution in [2.75, 3.05) is 26.9 Å². The summed E-state index contributed by atoms with van der Waals surface area (Å²) in [6.07, 6.45) is 9.73. The molecule has 28 heavy (non-hydrogen) atoms. The van der Waals surface area contributed by atoms with Crippen LogP contribution in [0.5, 0.6) is 5.75 Å². The molecule has 0 spiro atoms. The zero-order valence-corrected chi connectivity index (χ0v) is 16.1. The molecule has 3 aromatic heterocycles. The molecule has 3 heterocycles. The van der Waals surface area contributed by atoms with Crippen molar-refractivity contribution in [1.29, 1.82) is 0 Å². The number of carbonyl (C=O) groups is 1. The van der Waals surface area contributed by atoms with E-state index < -0.39 is 0 Å². The van der Waals surface area contributed by atoms with Crippen LogP contribution >= 0.6 is 0 Å². The number of carbonyl (C=O) groups excluding carboxylic acids is 1. The van der Waals surface area contributed by atoms with Crippen LogP contribution in [0.1, 0.15) is 47.3 Å². The molecule has 0 atom stereocenters. The average Bonchev–Trinajstić information content (AvgIpc) is 3.29. The van der Waals surface area contributed by atoms with Gasteiger partial charge in [-0.05, 0) is 37.3 Å². The van der Waals surface area contributed by atoms with E-state index in [-0.39, 0.29) is 5.97 Å². The van der Waals surface area contributed by atoms with Gasteiger partial charge in [-0.15, -0.1) is 0 Å². The van der Waals surface area contributed by atoms with Crippen molar-refractivity contribution < 1.29 is 19.0 Å². The van der Waals surface area contributed by atoms with Crippen LogP contribution in [0.25, 0.3) is 5.65 Å². The maximum Gasteiger partial charge on any atom is 0.341 e. The fourth-order valence-corrected chi connectivity index (χ4v) is 3.13. The summed E-state index contributed by atoms with van der Waals surface area (Å²) < 4.78 is 19.7. The number of hydrogen-bond acceptors (Lipinski definition) is 6. The second kappa shape index (κ2) is 8.02. The van der Waals surface area contributed by atoms with Crippen LogP contribution in [0, 0.1) is 0 Å². The Morgan fingerprint density at radius 1 is 1.25 bits per heavy atom. The number of methoxy groups -OCH3 is 1.